The highest BCUT2D eigenvalue weighted by molar-refractivity contribution is 6.35. The van der Waals surface area contributed by atoms with Crippen LogP contribution < -0.4 is 15.3 Å². The van der Waals surface area contributed by atoms with Gasteiger partial charge in [0.25, 0.3) is 0 Å². The second kappa shape index (κ2) is 8.78. The van der Waals surface area contributed by atoms with Crippen LogP contribution in [0.4, 0.5) is 0 Å². The van der Waals surface area contributed by atoms with E-state index in [1.54, 1.807) is 12.1 Å². The van der Waals surface area contributed by atoms with Gasteiger partial charge >= 0.3 is 5.63 Å². The fraction of sp³-hybridized carbons (Fsp3) is 0.348. The number of ether oxygens (including phenoxy) is 1. The van der Waals surface area contributed by atoms with Crippen LogP contribution in [-0.2, 0) is 19.4 Å². The molecule has 2 heterocycles. The Morgan fingerprint density at radius 2 is 1.93 bits per heavy atom. The van der Waals surface area contributed by atoms with E-state index in [0.29, 0.717) is 22.4 Å². The Morgan fingerprint density at radius 3 is 2.72 bits per heavy atom. The van der Waals surface area contributed by atoms with Crippen molar-refractivity contribution in [3.05, 3.63) is 73.6 Å². The van der Waals surface area contributed by atoms with Crippen LogP contribution in [0, 0.1) is 0 Å². The highest BCUT2D eigenvalue weighted by atomic mass is 35.5. The molecule has 4 rings (SSSR count). The van der Waals surface area contributed by atoms with Gasteiger partial charge in [0.1, 0.15) is 12.3 Å². The summed E-state index contributed by atoms with van der Waals surface area (Å²) in [6, 6.07) is 11.2. The number of aryl methyl sites for hydroxylation is 1. The van der Waals surface area contributed by atoms with Crippen LogP contribution in [0.1, 0.15) is 36.5 Å². The van der Waals surface area contributed by atoms with E-state index in [1.165, 1.54) is 4.90 Å². The lowest BCUT2D eigenvalue weighted by molar-refractivity contribution is -0.932. The summed E-state index contributed by atoms with van der Waals surface area (Å²) >= 11 is 12.3. The maximum Gasteiger partial charge on any atom is 0.336 e. The highest BCUT2D eigenvalue weighted by Gasteiger charge is 2.25. The number of unbranched alkanes of at least 4 members (excludes halogenated alkanes) is 1. The summed E-state index contributed by atoms with van der Waals surface area (Å²) in [5.74, 6) is 0.807. The Kier molecular flexibility index (Phi) is 6.14. The van der Waals surface area contributed by atoms with Crippen LogP contribution in [0.2, 0.25) is 10.0 Å². The third kappa shape index (κ3) is 4.45. The molecule has 2 aromatic carbocycles. The minimum Gasteiger partial charge on any atom is -0.445 e. The number of rotatable bonds is 6. The number of hydrogen-bond donors (Lipinski definition) is 1. The summed E-state index contributed by atoms with van der Waals surface area (Å²) in [5.41, 5.74) is 3.47. The molecule has 0 amide bonds. The Hall–Kier alpha value is -2.01. The Morgan fingerprint density at radius 1 is 1.07 bits per heavy atom. The molecule has 1 unspecified atom stereocenters. The molecule has 1 aliphatic heterocycles. The van der Waals surface area contributed by atoms with Crippen LogP contribution in [0.3, 0.4) is 0 Å². The largest absolute Gasteiger partial charge is 0.445 e. The highest BCUT2D eigenvalue weighted by Crippen LogP contribution is 2.30. The zero-order chi connectivity index (χ0) is 20.4. The fourth-order valence-corrected chi connectivity index (χ4v) is 4.39. The molecule has 0 bridgehead atoms. The molecule has 0 radical (unpaired) electrons. The van der Waals surface area contributed by atoms with E-state index >= 15 is 0 Å². The van der Waals surface area contributed by atoms with E-state index in [0.717, 1.165) is 66.6 Å². The Balaban J connectivity index is 1.59. The van der Waals surface area contributed by atoms with Crippen LogP contribution >= 0.6 is 23.2 Å². The number of halogens is 2. The van der Waals surface area contributed by atoms with E-state index in [-0.39, 0.29) is 5.63 Å². The van der Waals surface area contributed by atoms with E-state index in [4.69, 9.17) is 32.4 Å². The van der Waals surface area contributed by atoms with Crippen LogP contribution in [0.5, 0.6) is 5.75 Å². The first-order valence-corrected chi connectivity index (χ1v) is 10.8. The van der Waals surface area contributed by atoms with Crippen molar-refractivity contribution in [3.8, 4) is 5.75 Å². The predicted octanol–water partition coefficient (Wildman–Crippen LogP) is 4.42. The average molecular weight is 433 g/mol. The van der Waals surface area contributed by atoms with Gasteiger partial charge in [-0.1, -0.05) is 42.6 Å². The Labute approximate surface area is 180 Å². The van der Waals surface area contributed by atoms with Gasteiger partial charge in [-0.05, 0) is 48.2 Å². The number of fused-ring (bicyclic) bond motifs is 3. The van der Waals surface area contributed by atoms with Crippen LogP contribution in [0.15, 0.2) is 45.6 Å². The first-order valence-electron chi connectivity index (χ1n) is 10.0. The molecule has 29 heavy (non-hydrogen) atoms. The molecule has 0 aliphatic carbocycles. The molecular weight excluding hydrogens is 409 g/mol. The van der Waals surface area contributed by atoms with Crippen molar-refractivity contribution in [2.24, 2.45) is 0 Å². The third-order valence-electron chi connectivity index (χ3n) is 5.48. The lowest BCUT2D eigenvalue weighted by Crippen LogP contribution is -3.12. The summed E-state index contributed by atoms with van der Waals surface area (Å²) in [4.78, 5) is 13.4. The molecule has 0 fully saturated rings. The maximum absolute atomic E-state index is 12.2. The van der Waals surface area contributed by atoms with Crippen LogP contribution in [-0.4, -0.2) is 13.3 Å². The van der Waals surface area contributed by atoms with Gasteiger partial charge in [-0.25, -0.2) is 4.79 Å². The average Bonchev–Trinajstić information content (AvgIpc) is 2.71. The molecule has 1 atom stereocenters. The smallest absolute Gasteiger partial charge is 0.336 e. The molecular formula is C23H24Cl2NO3+. The molecule has 4 nitrogen and oxygen atoms in total. The van der Waals surface area contributed by atoms with Crippen molar-refractivity contribution in [3.63, 3.8) is 0 Å². The second-order valence-electron chi connectivity index (χ2n) is 7.56. The summed E-state index contributed by atoms with van der Waals surface area (Å²) in [7, 11) is 0. The first kappa shape index (κ1) is 20.3. The third-order valence-corrected chi connectivity index (χ3v) is 6.07. The second-order valence-corrected chi connectivity index (χ2v) is 8.41. The van der Waals surface area contributed by atoms with E-state index in [9.17, 15) is 4.79 Å². The summed E-state index contributed by atoms with van der Waals surface area (Å²) in [6.45, 7) is 4.33. The zero-order valence-corrected chi connectivity index (χ0v) is 17.9. The molecule has 3 aromatic rings. The van der Waals surface area contributed by atoms with E-state index in [2.05, 4.69) is 6.92 Å². The van der Waals surface area contributed by atoms with Gasteiger partial charge in [-0.2, -0.15) is 0 Å². The number of hydrogen-bond acceptors (Lipinski definition) is 3. The number of nitrogens with one attached hydrogen (secondary N) is 1. The van der Waals surface area contributed by atoms with Gasteiger partial charge < -0.3 is 9.15 Å². The monoisotopic (exact) mass is 432 g/mol. The quantitative estimate of drug-likeness (QED) is 0.586. The SMILES string of the molecule is CCCCc1cc(=O)oc2c3c(ccc12)OC[NH+](CCc1ccc(Cl)cc1Cl)C3. The standard InChI is InChI=1S/C23H23Cl2NO3/c1-2-3-4-16-11-22(27)29-23-18(16)7-8-21-19(23)13-26(14-28-21)10-9-15-5-6-17(24)12-20(15)25/h5-8,11-12H,2-4,9-10,13-14H2,1H3/p+1. The van der Waals surface area contributed by atoms with Crippen molar-refractivity contribution in [2.45, 2.75) is 39.2 Å². The topological polar surface area (TPSA) is 43.9 Å². The molecule has 0 saturated heterocycles. The van der Waals surface area contributed by atoms with Crippen molar-refractivity contribution >= 4 is 34.2 Å². The fourth-order valence-electron chi connectivity index (χ4n) is 3.88. The van der Waals surface area contributed by atoms with Gasteiger partial charge in [0.05, 0.1) is 12.1 Å². The molecule has 1 aliphatic rings. The lowest BCUT2D eigenvalue weighted by atomic mass is 10.0. The predicted molar refractivity (Wildman–Crippen MR) is 116 cm³/mol. The normalized spacial score (nSPS) is 15.9. The zero-order valence-electron chi connectivity index (χ0n) is 16.4. The van der Waals surface area contributed by atoms with Crippen LogP contribution in [0.25, 0.3) is 11.0 Å². The number of quaternary nitrogens is 1. The Bertz CT molecular complexity index is 1090. The first-order chi connectivity index (χ1) is 14.0. The number of benzene rings is 2. The summed E-state index contributed by atoms with van der Waals surface area (Å²) in [6.07, 6.45) is 3.83. The van der Waals surface area contributed by atoms with Crippen molar-refractivity contribution in [1.29, 1.82) is 0 Å². The van der Waals surface area contributed by atoms with Crippen molar-refractivity contribution < 1.29 is 14.1 Å². The van der Waals surface area contributed by atoms with E-state index in [1.807, 2.05) is 24.3 Å². The van der Waals surface area contributed by atoms with Gasteiger partial charge in [0, 0.05) is 27.9 Å². The van der Waals surface area contributed by atoms with Gasteiger partial charge in [-0.3, -0.25) is 4.90 Å². The molecule has 0 spiro atoms. The van der Waals surface area contributed by atoms with Gasteiger partial charge in [-0.15, -0.1) is 0 Å². The lowest BCUT2D eigenvalue weighted by Gasteiger charge is -2.26. The minimum atomic E-state index is -0.294. The maximum atomic E-state index is 12.2. The van der Waals surface area contributed by atoms with Crippen molar-refractivity contribution in [2.75, 3.05) is 13.3 Å². The summed E-state index contributed by atoms with van der Waals surface area (Å²) in [5, 5.41) is 2.34. The minimum absolute atomic E-state index is 0.294. The molecule has 152 valence electrons. The van der Waals surface area contributed by atoms with Gasteiger partial charge in [0.2, 0.25) is 6.73 Å². The summed E-state index contributed by atoms with van der Waals surface area (Å²) < 4.78 is 11.6. The molecule has 6 heteroatoms. The molecule has 0 saturated carbocycles. The van der Waals surface area contributed by atoms with E-state index < -0.39 is 0 Å². The van der Waals surface area contributed by atoms with Crippen molar-refractivity contribution in [1.82, 2.24) is 0 Å². The van der Waals surface area contributed by atoms with Gasteiger partial charge in [0.15, 0.2) is 5.58 Å². The molecule has 1 N–H and O–H groups in total. The molecule has 1 aromatic heterocycles.